The van der Waals surface area contributed by atoms with Gasteiger partial charge in [-0.1, -0.05) is 5.16 Å². The first-order valence-corrected chi connectivity index (χ1v) is 7.55. The summed E-state index contributed by atoms with van der Waals surface area (Å²) in [5, 5.41) is 10.4. The smallest absolute Gasteiger partial charge is 0.321 e. The van der Waals surface area contributed by atoms with Gasteiger partial charge in [0.05, 0.1) is 12.7 Å². The maximum absolute atomic E-state index is 14.3. The molecule has 2 aromatic heterocycles. The third-order valence-corrected chi connectivity index (χ3v) is 3.45. The third-order valence-electron chi connectivity index (χ3n) is 3.45. The van der Waals surface area contributed by atoms with E-state index in [0.29, 0.717) is 23.1 Å². The van der Waals surface area contributed by atoms with Gasteiger partial charge in [0.25, 0.3) is 0 Å². The highest BCUT2D eigenvalue weighted by Gasteiger charge is 2.14. The molecule has 0 aliphatic rings. The van der Waals surface area contributed by atoms with Gasteiger partial charge in [-0.2, -0.15) is 10.1 Å². The first kappa shape index (κ1) is 16.6. The van der Waals surface area contributed by atoms with Crippen LogP contribution in [0, 0.1) is 19.7 Å². The maximum Gasteiger partial charge on any atom is 0.321 e. The van der Waals surface area contributed by atoms with Crippen molar-refractivity contribution >= 4 is 11.7 Å². The van der Waals surface area contributed by atoms with Crippen LogP contribution in [0.2, 0.25) is 0 Å². The van der Waals surface area contributed by atoms with Gasteiger partial charge in [0.1, 0.15) is 5.69 Å². The zero-order valence-electron chi connectivity index (χ0n) is 14.0. The highest BCUT2D eigenvalue weighted by atomic mass is 19.1. The highest BCUT2D eigenvalue weighted by Crippen LogP contribution is 2.18. The predicted molar refractivity (Wildman–Crippen MR) is 87.8 cm³/mol. The van der Waals surface area contributed by atoms with Crippen molar-refractivity contribution in [2.45, 2.75) is 20.4 Å². The molecule has 3 aromatic rings. The summed E-state index contributed by atoms with van der Waals surface area (Å²) in [5.74, 6) is 0.332. The molecule has 0 unspecified atom stereocenters. The van der Waals surface area contributed by atoms with E-state index in [9.17, 15) is 9.18 Å². The van der Waals surface area contributed by atoms with E-state index in [-0.39, 0.29) is 6.54 Å². The van der Waals surface area contributed by atoms with Gasteiger partial charge in [-0.15, -0.1) is 0 Å². The van der Waals surface area contributed by atoms with Crippen molar-refractivity contribution in [3.05, 3.63) is 53.7 Å². The molecule has 9 heteroatoms. The van der Waals surface area contributed by atoms with Gasteiger partial charge >= 0.3 is 6.03 Å². The molecule has 0 radical (unpaired) electrons. The van der Waals surface area contributed by atoms with E-state index in [1.54, 1.807) is 38.5 Å². The van der Waals surface area contributed by atoms with Gasteiger partial charge < -0.3 is 14.7 Å². The molecular formula is C16H17FN6O2. The third kappa shape index (κ3) is 3.82. The standard InChI is InChI=1S/C16H17FN6O2/c1-10-7-18-23(8-10)14-5-4-12(6-13(14)17)20-16(24)22(3)9-15-19-11(2)25-21-15/h4-8H,9H2,1-3H3,(H,20,24). The summed E-state index contributed by atoms with van der Waals surface area (Å²) in [7, 11) is 1.58. The topological polar surface area (TPSA) is 89.1 Å². The van der Waals surface area contributed by atoms with Crippen molar-refractivity contribution in [2.75, 3.05) is 12.4 Å². The molecule has 130 valence electrons. The minimum absolute atomic E-state index is 0.177. The average molecular weight is 344 g/mol. The summed E-state index contributed by atoms with van der Waals surface area (Å²) < 4.78 is 20.6. The summed E-state index contributed by atoms with van der Waals surface area (Å²) in [4.78, 5) is 17.6. The van der Waals surface area contributed by atoms with Crippen molar-refractivity contribution < 1.29 is 13.7 Å². The largest absolute Gasteiger partial charge is 0.340 e. The summed E-state index contributed by atoms with van der Waals surface area (Å²) in [5.41, 5.74) is 1.57. The monoisotopic (exact) mass is 344 g/mol. The lowest BCUT2D eigenvalue weighted by Crippen LogP contribution is -2.31. The van der Waals surface area contributed by atoms with E-state index < -0.39 is 11.8 Å². The number of carbonyl (C=O) groups excluding carboxylic acids is 1. The van der Waals surface area contributed by atoms with Gasteiger partial charge in [0.2, 0.25) is 5.89 Å². The Balaban J connectivity index is 1.68. The van der Waals surface area contributed by atoms with Crippen LogP contribution < -0.4 is 5.32 Å². The van der Waals surface area contributed by atoms with Crippen LogP contribution in [0.15, 0.2) is 35.1 Å². The Morgan fingerprint density at radius 2 is 2.20 bits per heavy atom. The summed E-state index contributed by atoms with van der Waals surface area (Å²) in [6.07, 6.45) is 3.36. The molecule has 1 N–H and O–H groups in total. The van der Waals surface area contributed by atoms with E-state index >= 15 is 0 Å². The predicted octanol–water partition coefficient (Wildman–Crippen LogP) is 2.68. The Morgan fingerprint density at radius 1 is 1.40 bits per heavy atom. The summed E-state index contributed by atoms with van der Waals surface area (Å²) >= 11 is 0. The van der Waals surface area contributed by atoms with Crippen LogP contribution in [0.5, 0.6) is 0 Å². The Bertz CT molecular complexity index is 904. The molecule has 0 bridgehead atoms. The lowest BCUT2D eigenvalue weighted by atomic mass is 10.2. The van der Waals surface area contributed by atoms with E-state index in [2.05, 4.69) is 20.6 Å². The van der Waals surface area contributed by atoms with E-state index in [1.165, 1.54) is 15.6 Å². The lowest BCUT2D eigenvalue weighted by molar-refractivity contribution is 0.219. The van der Waals surface area contributed by atoms with Crippen LogP contribution in [-0.2, 0) is 6.54 Å². The maximum atomic E-state index is 14.3. The van der Waals surface area contributed by atoms with E-state index in [0.717, 1.165) is 5.56 Å². The summed E-state index contributed by atoms with van der Waals surface area (Å²) in [6.45, 7) is 3.72. The molecule has 0 saturated carbocycles. The molecule has 0 spiro atoms. The second-order valence-electron chi connectivity index (χ2n) is 5.64. The van der Waals surface area contributed by atoms with E-state index in [4.69, 9.17) is 4.52 Å². The fourth-order valence-corrected chi connectivity index (χ4v) is 2.22. The molecule has 25 heavy (non-hydrogen) atoms. The molecule has 0 saturated heterocycles. The van der Waals surface area contributed by atoms with Crippen molar-refractivity contribution in [1.29, 1.82) is 0 Å². The molecule has 2 amide bonds. The molecule has 0 fully saturated rings. The number of hydrogen-bond acceptors (Lipinski definition) is 5. The van der Waals surface area contributed by atoms with Crippen LogP contribution in [0.25, 0.3) is 5.69 Å². The number of halogens is 1. The normalized spacial score (nSPS) is 10.7. The second-order valence-corrected chi connectivity index (χ2v) is 5.64. The zero-order valence-corrected chi connectivity index (χ0v) is 14.0. The number of aromatic nitrogens is 4. The second kappa shape index (κ2) is 6.71. The van der Waals surface area contributed by atoms with Gasteiger partial charge in [-0.25, -0.2) is 13.9 Å². The summed E-state index contributed by atoms with van der Waals surface area (Å²) in [6, 6.07) is 4.00. The van der Waals surface area contributed by atoms with Crippen LogP contribution in [0.4, 0.5) is 14.9 Å². The molecule has 2 heterocycles. The molecule has 0 aliphatic carbocycles. The first-order chi connectivity index (χ1) is 11.9. The Morgan fingerprint density at radius 3 is 2.80 bits per heavy atom. The van der Waals surface area contributed by atoms with Gasteiger partial charge in [-0.3, -0.25) is 0 Å². The molecule has 0 aliphatic heterocycles. The quantitative estimate of drug-likeness (QED) is 0.786. The number of nitrogens with zero attached hydrogens (tertiary/aromatic N) is 5. The Kier molecular flexibility index (Phi) is 4.46. The van der Waals surface area contributed by atoms with Crippen molar-refractivity contribution in [2.24, 2.45) is 0 Å². The van der Waals surface area contributed by atoms with E-state index in [1.807, 2.05) is 6.92 Å². The number of amides is 2. The average Bonchev–Trinajstić information content (AvgIpc) is 3.16. The number of rotatable bonds is 4. The van der Waals surface area contributed by atoms with Crippen LogP contribution in [0.3, 0.4) is 0 Å². The number of benzene rings is 1. The molecule has 0 atom stereocenters. The van der Waals surface area contributed by atoms with Crippen molar-refractivity contribution in [1.82, 2.24) is 24.8 Å². The number of hydrogen-bond donors (Lipinski definition) is 1. The van der Waals surface area contributed by atoms with Crippen LogP contribution in [-0.4, -0.2) is 37.9 Å². The minimum atomic E-state index is -0.489. The molecular weight excluding hydrogens is 327 g/mol. The molecule has 8 nitrogen and oxygen atoms in total. The first-order valence-electron chi connectivity index (χ1n) is 7.55. The van der Waals surface area contributed by atoms with Gasteiger partial charge in [-0.05, 0) is 30.7 Å². The minimum Gasteiger partial charge on any atom is -0.340 e. The van der Waals surface area contributed by atoms with Crippen molar-refractivity contribution in [3.63, 3.8) is 0 Å². The van der Waals surface area contributed by atoms with Crippen LogP contribution >= 0.6 is 0 Å². The number of anilines is 1. The lowest BCUT2D eigenvalue weighted by Gasteiger charge is -2.16. The number of nitrogens with one attached hydrogen (secondary N) is 1. The van der Waals surface area contributed by atoms with Crippen molar-refractivity contribution in [3.8, 4) is 5.69 Å². The molecule has 1 aromatic carbocycles. The van der Waals surface area contributed by atoms with Gasteiger partial charge in [0, 0.05) is 25.9 Å². The Hall–Kier alpha value is -3.23. The zero-order chi connectivity index (χ0) is 18.0. The fourth-order valence-electron chi connectivity index (χ4n) is 2.22. The number of urea groups is 1. The highest BCUT2D eigenvalue weighted by molar-refractivity contribution is 5.89. The van der Waals surface area contributed by atoms with Crippen LogP contribution in [0.1, 0.15) is 17.3 Å². The SMILES string of the molecule is Cc1cnn(-c2ccc(NC(=O)N(C)Cc3noc(C)n3)cc2F)c1. The Labute approximate surface area is 143 Å². The van der Waals surface area contributed by atoms with Gasteiger partial charge in [0.15, 0.2) is 11.6 Å². The number of carbonyl (C=O) groups is 1. The fraction of sp³-hybridized carbons (Fsp3) is 0.250. The molecule has 3 rings (SSSR count). The number of aryl methyl sites for hydroxylation is 2.